The van der Waals surface area contributed by atoms with Gasteiger partial charge < -0.3 is 4.74 Å². The highest BCUT2D eigenvalue weighted by atomic mass is 127. The third kappa shape index (κ3) is 5.40. The molecule has 0 radical (unpaired) electrons. The summed E-state index contributed by atoms with van der Waals surface area (Å²) in [4.78, 5) is 24.1. The molecule has 0 saturated carbocycles. The molecule has 142 valence electrons. The molecule has 0 fully saturated rings. The Labute approximate surface area is 180 Å². The third-order valence-corrected chi connectivity index (χ3v) is 4.90. The molecule has 0 aliphatic rings. The van der Waals surface area contributed by atoms with Crippen LogP contribution in [0.5, 0.6) is 5.75 Å². The average Bonchev–Trinajstić information content (AvgIpc) is 2.70. The highest BCUT2D eigenvalue weighted by Gasteiger charge is 2.10. The number of halogens is 1. The van der Waals surface area contributed by atoms with Crippen molar-refractivity contribution in [1.29, 1.82) is 0 Å². The summed E-state index contributed by atoms with van der Waals surface area (Å²) in [5.74, 6) is -0.206. The Kier molecular flexibility index (Phi) is 6.77. The van der Waals surface area contributed by atoms with E-state index in [4.69, 9.17) is 17.0 Å². The molecule has 6 nitrogen and oxygen atoms in total. The molecule has 3 rings (SSSR count). The van der Waals surface area contributed by atoms with Gasteiger partial charge in [-0.25, -0.2) is 0 Å². The van der Waals surface area contributed by atoms with Crippen molar-refractivity contribution in [3.05, 3.63) is 75.9 Å². The minimum absolute atomic E-state index is 0.0219. The van der Waals surface area contributed by atoms with Crippen LogP contribution in [0.4, 0.5) is 0 Å². The van der Waals surface area contributed by atoms with Gasteiger partial charge >= 0.3 is 0 Å². The summed E-state index contributed by atoms with van der Waals surface area (Å²) in [6.45, 7) is -0.204. The van der Waals surface area contributed by atoms with Gasteiger partial charge in [0.25, 0.3) is 11.8 Å². The smallest absolute Gasteiger partial charge is 0.270 e. The van der Waals surface area contributed by atoms with Gasteiger partial charge in [-0.1, -0.05) is 42.5 Å². The number of benzene rings is 3. The number of nitrogens with one attached hydrogen (secondary N) is 3. The number of carbonyl (C=O) groups is 2. The quantitative estimate of drug-likeness (QED) is 0.289. The van der Waals surface area contributed by atoms with E-state index in [1.165, 1.54) is 0 Å². The van der Waals surface area contributed by atoms with E-state index in [0.29, 0.717) is 11.3 Å². The number of thiocarbonyl (C=S) groups is 1. The van der Waals surface area contributed by atoms with Crippen LogP contribution in [-0.4, -0.2) is 23.5 Å². The van der Waals surface area contributed by atoms with Gasteiger partial charge in [0, 0.05) is 3.57 Å². The van der Waals surface area contributed by atoms with Gasteiger partial charge in [0.2, 0.25) is 0 Å². The number of fused-ring (bicyclic) bond motifs is 1. The summed E-state index contributed by atoms with van der Waals surface area (Å²) in [6.07, 6.45) is 0. The zero-order chi connectivity index (χ0) is 19.9. The number of hydrogen-bond acceptors (Lipinski definition) is 4. The van der Waals surface area contributed by atoms with Crippen LogP contribution in [0, 0.1) is 3.57 Å². The van der Waals surface area contributed by atoms with Crippen LogP contribution >= 0.6 is 34.8 Å². The Morgan fingerprint density at radius 2 is 1.64 bits per heavy atom. The number of hydrogen-bond donors (Lipinski definition) is 3. The molecule has 3 N–H and O–H groups in total. The largest absolute Gasteiger partial charge is 0.484 e. The van der Waals surface area contributed by atoms with Gasteiger partial charge in [-0.2, -0.15) is 0 Å². The van der Waals surface area contributed by atoms with E-state index in [-0.39, 0.29) is 17.6 Å². The van der Waals surface area contributed by atoms with Crippen molar-refractivity contribution in [1.82, 2.24) is 16.2 Å². The predicted octanol–water partition coefficient (Wildman–Crippen LogP) is 3.16. The van der Waals surface area contributed by atoms with Crippen molar-refractivity contribution in [2.45, 2.75) is 0 Å². The van der Waals surface area contributed by atoms with Gasteiger partial charge in [-0.3, -0.25) is 25.8 Å². The standard InChI is InChI=1S/C20H16IN3O3S/c21-17-8-4-3-7-16(17)19(26)23-24-20(28)22-18(25)12-27-15-10-9-13-5-1-2-6-14(13)11-15/h1-11H,12H2,(H,23,26)(H2,22,24,25,28). The normalized spacial score (nSPS) is 10.2. The van der Waals surface area contributed by atoms with Crippen LogP contribution < -0.4 is 20.9 Å². The van der Waals surface area contributed by atoms with Crippen LogP contribution in [-0.2, 0) is 4.79 Å². The van der Waals surface area contributed by atoms with Crippen LogP contribution in [0.3, 0.4) is 0 Å². The Hall–Kier alpha value is -2.72. The number of hydrazine groups is 1. The number of amides is 2. The first-order valence-electron chi connectivity index (χ1n) is 8.29. The molecule has 0 spiro atoms. The van der Waals surface area contributed by atoms with Crippen LogP contribution in [0.15, 0.2) is 66.7 Å². The Balaban J connectivity index is 1.45. The maximum absolute atomic E-state index is 12.1. The molecular weight excluding hydrogens is 489 g/mol. The molecule has 0 unspecified atom stereocenters. The Morgan fingerprint density at radius 1 is 0.929 bits per heavy atom. The Bertz CT molecular complexity index is 1040. The summed E-state index contributed by atoms with van der Waals surface area (Å²) in [5, 5.41) is 4.54. The van der Waals surface area contributed by atoms with Crippen LogP contribution in [0.2, 0.25) is 0 Å². The summed E-state index contributed by atoms with van der Waals surface area (Å²) in [6, 6.07) is 20.6. The molecule has 0 heterocycles. The molecule has 2 amide bonds. The molecule has 3 aromatic rings. The summed E-state index contributed by atoms with van der Waals surface area (Å²) in [5.41, 5.74) is 5.45. The SMILES string of the molecule is O=C(COc1ccc2ccccc2c1)NC(=S)NNC(=O)c1ccccc1I. The lowest BCUT2D eigenvalue weighted by Crippen LogP contribution is -2.49. The Morgan fingerprint density at radius 3 is 2.43 bits per heavy atom. The molecule has 3 aromatic carbocycles. The highest BCUT2D eigenvalue weighted by molar-refractivity contribution is 14.1. The minimum atomic E-state index is -0.436. The second kappa shape index (κ2) is 9.47. The average molecular weight is 505 g/mol. The third-order valence-electron chi connectivity index (χ3n) is 3.75. The van der Waals surface area contributed by atoms with Crippen molar-refractivity contribution >= 4 is 62.5 Å². The maximum Gasteiger partial charge on any atom is 0.270 e. The second-order valence-electron chi connectivity index (χ2n) is 5.73. The summed E-state index contributed by atoms with van der Waals surface area (Å²) < 4.78 is 6.30. The van der Waals surface area contributed by atoms with Crippen molar-refractivity contribution in [3.63, 3.8) is 0 Å². The van der Waals surface area contributed by atoms with Crippen molar-refractivity contribution in [2.75, 3.05) is 6.61 Å². The minimum Gasteiger partial charge on any atom is -0.484 e. The lowest BCUT2D eigenvalue weighted by molar-refractivity contribution is -0.121. The van der Waals surface area contributed by atoms with E-state index >= 15 is 0 Å². The second-order valence-corrected chi connectivity index (χ2v) is 7.30. The molecule has 0 atom stereocenters. The van der Waals surface area contributed by atoms with Crippen molar-refractivity contribution in [2.24, 2.45) is 0 Å². The van der Waals surface area contributed by atoms with Gasteiger partial charge in [0.05, 0.1) is 5.56 Å². The first-order chi connectivity index (χ1) is 13.5. The maximum atomic E-state index is 12.1. The van der Waals surface area contributed by atoms with Crippen molar-refractivity contribution in [3.8, 4) is 5.75 Å². The van der Waals surface area contributed by atoms with E-state index in [1.807, 2.05) is 48.5 Å². The fraction of sp³-hybridized carbons (Fsp3) is 0.0500. The van der Waals surface area contributed by atoms with Gasteiger partial charge in [0.1, 0.15) is 5.75 Å². The molecule has 0 bridgehead atoms. The van der Waals surface area contributed by atoms with Gasteiger partial charge in [-0.15, -0.1) is 0 Å². The zero-order valence-corrected chi connectivity index (χ0v) is 17.5. The molecule has 8 heteroatoms. The van der Waals surface area contributed by atoms with E-state index in [2.05, 4.69) is 38.8 Å². The topological polar surface area (TPSA) is 79.5 Å². The lowest BCUT2D eigenvalue weighted by atomic mass is 10.1. The first kappa shape index (κ1) is 20.0. The van der Waals surface area contributed by atoms with Gasteiger partial charge in [-0.05, 0) is 69.8 Å². The molecule has 0 aliphatic heterocycles. The lowest BCUT2D eigenvalue weighted by Gasteiger charge is -2.12. The molecule has 0 aromatic heterocycles. The predicted molar refractivity (Wildman–Crippen MR) is 120 cm³/mol. The van der Waals surface area contributed by atoms with E-state index in [1.54, 1.807) is 18.2 Å². The van der Waals surface area contributed by atoms with Crippen LogP contribution in [0.1, 0.15) is 10.4 Å². The molecular formula is C20H16IN3O3S. The highest BCUT2D eigenvalue weighted by Crippen LogP contribution is 2.20. The molecule has 0 aliphatic carbocycles. The van der Waals surface area contributed by atoms with Crippen molar-refractivity contribution < 1.29 is 14.3 Å². The van der Waals surface area contributed by atoms with E-state index in [0.717, 1.165) is 14.3 Å². The summed E-state index contributed by atoms with van der Waals surface area (Å²) in [7, 11) is 0. The number of carbonyl (C=O) groups excluding carboxylic acids is 2. The fourth-order valence-corrected chi connectivity index (χ4v) is 3.22. The summed E-state index contributed by atoms with van der Waals surface area (Å²) >= 11 is 7.08. The fourth-order valence-electron chi connectivity index (χ4n) is 2.43. The number of ether oxygens (including phenoxy) is 1. The van der Waals surface area contributed by atoms with Crippen LogP contribution in [0.25, 0.3) is 10.8 Å². The number of rotatable bonds is 4. The van der Waals surface area contributed by atoms with E-state index in [9.17, 15) is 9.59 Å². The van der Waals surface area contributed by atoms with E-state index < -0.39 is 5.91 Å². The first-order valence-corrected chi connectivity index (χ1v) is 9.78. The molecule has 0 saturated heterocycles. The van der Waals surface area contributed by atoms with Gasteiger partial charge in [0.15, 0.2) is 11.7 Å². The molecule has 28 heavy (non-hydrogen) atoms. The zero-order valence-electron chi connectivity index (χ0n) is 14.6. The monoisotopic (exact) mass is 505 g/mol.